The molecule has 0 amide bonds. The van der Waals surface area contributed by atoms with Gasteiger partial charge in [0, 0.05) is 33.6 Å². The molecule has 32 heavy (non-hydrogen) atoms. The van der Waals surface area contributed by atoms with Crippen molar-refractivity contribution in [2.24, 2.45) is 0 Å². The fourth-order valence-electron chi connectivity index (χ4n) is 4.68. The summed E-state index contributed by atoms with van der Waals surface area (Å²) in [7, 11) is 0. The first-order valence-corrected chi connectivity index (χ1v) is 10.7. The number of nitrogens with zero attached hydrogens (tertiary/aromatic N) is 1. The van der Waals surface area contributed by atoms with Gasteiger partial charge in [-0.1, -0.05) is 44.2 Å². The molecule has 0 heterocycles. The fourth-order valence-corrected chi connectivity index (χ4v) is 4.68. The maximum Gasteiger partial charge on any atom is 0.150 e. The topological polar surface area (TPSA) is 37.4 Å². The Morgan fingerprint density at radius 2 is 1.09 bits per heavy atom. The highest BCUT2D eigenvalue weighted by Crippen LogP contribution is 2.50. The van der Waals surface area contributed by atoms with E-state index in [1.807, 2.05) is 48.5 Å². The first kappa shape index (κ1) is 20.0. The summed E-state index contributed by atoms with van der Waals surface area (Å²) >= 11 is 0. The van der Waals surface area contributed by atoms with Crippen LogP contribution in [0.5, 0.6) is 0 Å². The van der Waals surface area contributed by atoms with E-state index < -0.39 is 0 Å². The fraction of sp³-hybridized carbons (Fsp3) is 0.103. The van der Waals surface area contributed by atoms with Crippen molar-refractivity contribution in [3.8, 4) is 11.1 Å². The highest BCUT2D eigenvalue weighted by Gasteiger charge is 2.35. The number of aldehydes is 2. The second-order valence-corrected chi connectivity index (χ2v) is 8.65. The van der Waals surface area contributed by atoms with Crippen molar-refractivity contribution in [3.63, 3.8) is 0 Å². The molecule has 0 bridgehead atoms. The summed E-state index contributed by atoms with van der Waals surface area (Å²) in [6.45, 7) is 4.53. The average molecular weight is 418 g/mol. The molecule has 0 atom stereocenters. The Morgan fingerprint density at radius 3 is 1.66 bits per heavy atom. The van der Waals surface area contributed by atoms with Crippen molar-refractivity contribution in [1.29, 1.82) is 0 Å². The molecule has 3 heteroatoms. The molecule has 156 valence electrons. The van der Waals surface area contributed by atoms with Crippen LogP contribution in [0.1, 0.15) is 45.7 Å². The van der Waals surface area contributed by atoms with E-state index in [-0.39, 0.29) is 5.41 Å². The van der Waals surface area contributed by atoms with E-state index in [0.29, 0.717) is 11.1 Å². The second kappa shape index (κ2) is 7.61. The Labute approximate surface area is 188 Å². The first-order chi connectivity index (χ1) is 15.5. The molecule has 1 aliphatic carbocycles. The summed E-state index contributed by atoms with van der Waals surface area (Å²) in [4.78, 5) is 24.5. The van der Waals surface area contributed by atoms with Crippen LogP contribution < -0.4 is 4.90 Å². The predicted molar refractivity (Wildman–Crippen MR) is 129 cm³/mol. The zero-order valence-electron chi connectivity index (χ0n) is 18.1. The lowest BCUT2D eigenvalue weighted by Gasteiger charge is -2.28. The molecular weight excluding hydrogens is 394 g/mol. The molecular formula is C29H23NO2. The molecule has 1 aliphatic rings. The second-order valence-electron chi connectivity index (χ2n) is 8.65. The molecule has 5 rings (SSSR count). The van der Waals surface area contributed by atoms with Crippen LogP contribution in [0.2, 0.25) is 0 Å². The van der Waals surface area contributed by atoms with Gasteiger partial charge in [-0.25, -0.2) is 0 Å². The number of hydrogen-bond acceptors (Lipinski definition) is 3. The molecule has 0 saturated carbocycles. The third kappa shape index (κ3) is 3.14. The first-order valence-electron chi connectivity index (χ1n) is 10.7. The molecule has 0 saturated heterocycles. The van der Waals surface area contributed by atoms with Crippen molar-refractivity contribution in [1.82, 2.24) is 0 Å². The van der Waals surface area contributed by atoms with Crippen LogP contribution >= 0.6 is 0 Å². The van der Waals surface area contributed by atoms with E-state index in [0.717, 1.165) is 29.6 Å². The van der Waals surface area contributed by atoms with Gasteiger partial charge in [-0.05, 0) is 82.9 Å². The number of carbonyl (C=O) groups is 2. The average Bonchev–Trinajstić information content (AvgIpc) is 3.07. The summed E-state index contributed by atoms with van der Waals surface area (Å²) < 4.78 is 0. The Morgan fingerprint density at radius 1 is 0.594 bits per heavy atom. The lowest BCUT2D eigenvalue weighted by Crippen LogP contribution is -2.16. The molecule has 0 aliphatic heterocycles. The summed E-state index contributed by atoms with van der Waals surface area (Å²) in [5.41, 5.74) is 9.27. The number of anilines is 3. The Balaban J connectivity index is 1.67. The molecule has 4 aromatic carbocycles. The van der Waals surface area contributed by atoms with Gasteiger partial charge in [-0.2, -0.15) is 0 Å². The van der Waals surface area contributed by atoms with Crippen LogP contribution in [0.15, 0.2) is 91.0 Å². The number of rotatable bonds is 5. The van der Waals surface area contributed by atoms with E-state index in [1.54, 1.807) is 0 Å². The minimum absolute atomic E-state index is 0.101. The molecule has 4 aromatic rings. The van der Waals surface area contributed by atoms with Crippen molar-refractivity contribution in [3.05, 3.63) is 113 Å². The highest BCUT2D eigenvalue weighted by molar-refractivity contribution is 5.86. The van der Waals surface area contributed by atoms with Crippen molar-refractivity contribution in [2.75, 3.05) is 4.90 Å². The normalized spacial score (nSPS) is 13.2. The SMILES string of the molecule is CC1(C)c2ccccc2-c2ccc(N(c3ccc(C=O)cc3)c3ccc(C=O)cc3)cc21. The van der Waals surface area contributed by atoms with Crippen LogP contribution in [-0.2, 0) is 5.41 Å². The molecule has 0 radical (unpaired) electrons. The minimum Gasteiger partial charge on any atom is -0.310 e. The molecule has 3 nitrogen and oxygen atoms in total. The van der Waals surface area contributed by atoms with Crippen LogP contribution in [0.4, 0.5) is 17.1 Å². The highest BCUT2D eigenvalue weighted by atomic mass is 16.1. The molecule has 0 spiro atoms. The summed E-state index contributed by atoms with van der Waals surface area (Å²) in [6, 6.07) is 30.3. The number of benzene rings is 4. The zero-order valence-corrected chi connectivity index (χ0v) is 18.1. The quantitative estimate of drug-likeness (QED) is 0.325. The van der Waals surface area contributed by atoms with Crippen LogP contribution in [0.3, 0.4) is 0 Å². The smallest absolute Gasteiger partial charge is 0.150 e. The standard InChI is InChI=1S/C29H23NO2/c1-29(2)27-6-4-3-5-25(27)26-16-15-24(17-28(26)29)30(22-11-7-20(18-31)8-12-22)23-13-9-21(19-32)10-14-23/h3-19H,1-2H3. The van der Waals surface area contributed by atoms with Gasteiger partial charge in [0.15, 0.2) is 0 Å². The van der Waals surface area contributed by atoms with Gasteiger partial charge in [0.25, 0.3) is 0 Å². The van der Waals surface area contributed by atoms with Gasteiger partial charge in [0.2, 0.25) is 0 Å². The Bertz CT molecular complexity index is 1270. The van der Waals surface area contributed by atoms with Crippen LogP contribution in [0.25, 0.3) is 11.1 Å². The van der Waals surface area contributed by atoms with Crippen molar-refractivity contribution in [2.45, 2.75) is 19.3 Å². The molecule has 0 unspecified atom stereocenters. The third-order valence-electron chi connectivity index (χ3n) is 6.40. The summed E-state index contributed by atoms with van der Waals surface area (Å²) in [6.07, 6.45) is 1.70. The number of hydrogen-bond donors (Lipinski definition) is 0. The van der Waals surface area contributed by atoms with E-state index in [9.17, 15) is 9.59 Å². The molecule has 0 N–H and O–H groups in total. The van der Waals surface area contributed by atoms with E-state index >= 15 is 0 Å². The Hall–Kier alpha value is -3.98. The maximum atomic E-state index is 11.2. The van der Waals surface area contributed by atoms with Crippen molar-refractivity contribution < 1.29 is 9.59 Å². The zero-order chi connectivity index (χ0) is 22.3. The van der Waals surface area contributed by atoms with Gasteiger partial charge in [0.05, 0.1) is 0 Å². The maximum absolute atomic E-state index is 11.2. The van der Waals surface area contributed by atoms with Gasteiger partial charge in [-0.3, -0.25) is 9.59 Å². The lowest BCUT2D eigenvalue weighted by molar-refractivity contribution is 0.111. The van der Waals surface area contributed by atoms with Crippen molar-refractivity contribution >= 4 is 29.6 Å². The predicted octanol–water partition coefficient (Wildman–Crippen LogP) is 7.09. The van der Waals surface area contributed by atoms with Gasteiger partial charge < -0.3 is 4.90 Å². The number of fused-ring (bicyclic) bond motifs is 3. The largest absolute Gasteiger partial charge is 0.310 e. The molecule has 0 fully saturated rings. The third-order valence-corrected chi connectivity index (χ3v) is 6.40. The van der Waals surface area contributed by atoms with E-state index in [2.05, 4.69) is 61.2 Å². The summed E-state index contributed by atoms with van der Waals surface area (Å²) in [5.74, 6) is 0. The van der Waals surface area contributed by atoms with Gasteiger partial charge >= 0.3 is 0 Å². The van der Waals surface area contributed by atoms with E-state index in [1.165, 1.54) is 22.3 Å². The minimum atomic E-state index is -0.101. The van der Waals surface area contributed by atoms with Gasteiger partial charge in [-0.15, -0.1) is 0 Å². The van der Waals surface area contributed by atoms with Gasteiger partial charge in [0.1, 0.15) is 12.6 Å². The monoisotopic (exact) mass is 417 g/mol. The lowest BCUT2D eigenvalue weighted by atomic mass is 9.82. The van der Waals surface area contributed by atoms with E-state index in [4.69, 9.17) is 0 Å². The Kier molecular flexibility index (Phi) is 4.75. The van der Waals surface area contributed by atoms with Crippen LogP contribution in [-0.4, -0.2) is 12.6 Å². The molecule has 0 aromatic heterocycles. The summed E-state index contributed by atoms with van der Waals surface area (Å²) in [5, 5.41) is 0. The number of carbonyl (C=O) groups excluding carboxylic acids is 2. The van der Waals surface area contributed by atoms with Crippen LogP contribution in [0, 0.1) is 0 Å².